The van der Waals surface area contributed by atoms with E-state index in [0.29, 0.717) is 0 Å². The Labute approximate surface area is 158 Å². The molecule has 0 aliphatic heterocycles. The molecule has 5 heteroatoms. The van der Waals surface area contributed by atoms with Gasteiger partial charge in [0.25, 0.3) is 0 Å². The molecule has 4 aromatic rings. The number of aromatic nitrogens is 3. The average Bonchev–Trinajstić information content (AvgIpc) is 2.73. The van der Waals surface area contributed by atoms with Gasteiger partial charge in [-0.1, -0.05) is 43.7 Å². The minimum atomic E-state index is 0.781. The second-order valence-electron chi connectivity index (χ2n) is 6.44. The van der Waals surface area contributed by atoms with E-state index in [1.807, 2.05) is 36.4 Å². The highest BCUT2D eigenvalue weighted by molar-refractivity contribution is 6.11. The van der Waals surface area contributed by atoms with Gasteiger partial charge in [0.05, 0.1) is 12.8 Å². The van der Waals surface area contributed by atoms with Crippen LogP contribution in [0, 0.1) is 0 Å². The van der Waals surface area contributed by atoms with Gasteiger partial charge in [-0.3, -0.25) is 0 Å². The van der Waals surface area contributed by atoms with Crippen LogP contribution in [-0.4, -0.2) is 28.6 Å². The topological polar surface area (TPSA) is 59.9 Å². The summed E-state index contributed by atoms with van der Waals surface area (Å²) in [6.45, 7) is 3.04. The zero-order chi connectivity index (χ0) is 18.6. The number of nitrogens with one attached hydrogen (secondary N) is 1. The summed E-state index contributed by atoms with van der Waals surface area (Å²) < 4.78 is 5.44. The number of pyridine rings is 1. The summed E-state index contributed by atoms with van der Waals surface area (Å²) in [4.78, 5) is 14.0. The highest BCUT2D eigenvalue weighted by Gasteiger charge is 2.15. The van der Waals surface area contributed by atoms with Crippen LogP contribution in [0.5, 0.6) is 5.75 Å². The molecule has 136 valence electrons. The smallest absolute Gasteiger partial charge is 0.156 e. The third-order valence-electron chi connectivity index (χ3n) is 4.65. The Morgan fingerprint density at radius 2 is 1.81 bits per heavy atom. The van der Waals surface area contributed by atoms with Gasteiger partial charge in [0.1, 0.15) is 23.1 Å². The third kappa shape index (κ3) is 3.28. The number of hydrogen-bond donors (Lipinski definition) is 1. The quantitative estimate of drug-likeness (QED) is 0.385. The number of fused-ring (bicyclic) bond motifs is 3. The van der Waals surface area contributed by atoms with Crippen molar-refractivity contribution in [3.8, 4) is 17.0 Å². The van der Waals surface area contributed by atoms with E-state index in [1.165, 1.54) is 0 Å². The Hall–Kier alpha value is -3.21. The largest absolute Gasteiger partial charge is 0.497 e. The van der Waals surface area contributed by atoms with Gasteiger partial charge in [0.15, 0.2) is 5.82 Å². The van der Waals surface area contributed by atoms with Gasteiger partial charge in [-0.25, -0.2) is 15.0 Å². The summed E-state index contributed by atoms with van der Waals surface area (Å²) in [6, 6.07) is 16.2. The van der Waals surface area contributed by atoms with E-state index in [9.17, 15) is 0 Å². The summed E-state index contributed by atoms with van der Waals surface area (Å²) in [5.41, 5.74) is 3.61. The number of ether oxygens (including phenoxy) is 1. The number of rotatable bonds is 6. The van der Waals surface area contributed by atoms with Gasteiger partial charge >= 0.3 is 0 Å². The van der Waals surface area contributed by atoms with E-state index >= 15 is 0 Å². The minimum absolute atomic E-state index is 0.781. The molecule has 1 N–H and O–H groups in total. The van der Waals surface area contributed by atoms with Crippen LogP contribution in [0.1, 0.15) is 19.8 Å². The molecule has 2 aromatic carbocycles. The van der Waals surface area contributed by atoms with Crippen molar-refractivity contribution < 1.29 is 4.74 Å². The number of benzene rings is 2. The lowest BCUT2D eigenvalue weighted by Gasteiger charge is -2.13. The van der Waals surface area contributed by atoms with Gasteiger partial charge in [-0.15, -0.1) is 0 Å². The maximum absolute atomic E-state index is 5.44. The predicted molar refractivity (Wildman–Crippen MR) is 110 cm³/mol. The molecule has 0 amide bonds. The Morgan fingerprint density at radius 1 is 0.963 bits per heavy atom. The molecule has 2 heterocycles. The number of nitrogens with zero attached hydrogens (tertiary/aromatic N) is 3. The molecule has 2 aromatic heterocycles. The minimum Gasteiger partial charge on any atom is -0.497 e. The Balaban J connectivity index is 2.01. The van der Waals surface area contributed by atoms with Crippen molar-refractivity contribution >= 4 is 27.6 Å². The van der Waals surface area contributed by atoms with Crippen molar-refractivity contribution in [3.05, 3.63) is 54.9 Å². The van der Waals surface area contributed by atoms with E-state index in [4.69, 9.17) is 9.72 Å². The SMILES string of the molecule is CCCCNc1ncnc2c1nc(-c1ccccc1)c1cc(OC)ccc12. The molecule has 5 nitrogen and oxygen atoms in total. The summed E-state index contributed by atoms with van der Waals surface area (Å²) in [7, 11) is 1.68. The fourth-order valence-corrected chi connectivity index (χ4v) is 3.24. The molecule has 4 rings (SSSR count). The van der Waals surface area contributed by atoms with E-state index in [1.54, 1.807) is 13.4 Å². The van der Waals surface area contributed by atoms with Crippen LogP contribution in [0.15, 0.2) is 54.9 Å². The molecule has 0 unspecified atom stereocenters. The van der Waals surface area contributed by atoms with Crippen molar-refractivity contribution in [1.29, 1.82) is 0 Å². The first-order chi connectivity index (χ1) is 13.3. The van der Waals surface area contributed by atoms with E-state index in [0.717, 1.165) is 64.0 Å². The average molecular weight is 358 g/mol. The van der Waals surface area contributed by atoms with Crippen molar-refractivity contribution in [2.24, 2.45) is 0 Å². The van der Waals surface area contributed by atoms with Crippen LogP contribution >= 0.6 is 0 Å². The van der Waals surface area contributed by atoms with Gasteiger partial charge in [0.2, 0.25) is 0 Å². The molecule has 0 spiro atoms. The summed E-state index contributed by atoms with van der Waals surface area (Å²) in [5.74, 6) is 1.58. The number of anilines is 1. The van der Waals surface area contributed by atoms with E-state index in [2.05, 4.69) is 34.3 Å². The van der Waals surface area contributed by atoms with Crippen LogP contribution in [-0.2, 0) is 0 Å². The highest BCUT2D eigenvalue weighted by atomic mass is 16.5. The predicted octanol–water partition coefficient (Wildman–Crippen LogP) is 5.07. The molecule has 0 aliphatic carbocycles. The lowest BCUT2D eigenvalue weighted by molar-refractivity contribution is 0.415. The van der Waals surface area contributed by atoms with Gasteiger partial charge in [0, 0.05) is 22.9 Å². The van der Waals surface area contributed by atoms with Crippen molar-refractivity contribution in [3.63, 3.8) is 0 Å². The van der Waals surface area contributed by atoms with Crippen molar-refractivity contribution in [1.82, 2.24) is 15.0 Å². The summed E-state index contributed by atoms with van der Waals surface area (Å²) in [6.07, 6.45) is 3.81. The molecular weight excluding hydrogens is 336 g/mol. The first-order valence-electron chi connectivity index (χ1n) is 9.23. The molecule has 0 bridgehead atoms. The Morgan fingerprint density at radius 3 is 2.59 bits per heavy atom. The molecule has 0 saturated carbocycles. The van der Waals surface area contributed by atoms with Crippen LogP contribution in [0.2, 0.25) is 0 Å². The Bertz CT molecular complexity index is 1080. The monoisotopic (exact) mass is 358 g/mol. The van der Waals surface area contributed by atoms with Gasteiger partial charge in [-0.2, -0.15) is 0 Å². The second-order valence-corrected chi connectivity index (χ2v) is 6.44. The van der Waals surface area contributed by atoms with Crippen LogP contribution in [0.3, 0.4) is 0 Å². The van der Waals surface area contributed by atoms with Gasteiger partial charge < -0.3 is 10.1 Å². The summed E-state index contributed by atoms with van der Waals surface area (Å²) >= 11 is 0. The molecule has 27 heavy (non-hydrogen) atoms. The number of methoxy groups -OCH3 is 1. The number of hydrogen-bond acceptors (Lipinski definition) is 5. The van der Waals surface area contributed by atoms with Crippen molar-refractivity contribution in [2.75, 3.05) is 19.0 Å². The lowest BCUT2D eigenvalue weighted by Crippen LogP contribution is -2.05. The zero-order valence-corrected chi connectivity index (χ0v) is 15.6. The number of unbranched alkanes of at least 4 members (excludes halogenated alkanes) is 1. The van der Waals surface area contributed by atoms with Crippen LogP contribution in [0.25, 0.3) is 33.1 Å². The standard InChI is InChI=1S/C22H22N4O/c1-3-4-12-23-22-21-20(24-14-25-22)17-11-10-16(27-2)13-18(17)19(26-21)15-8-6-5-7-9-15/h5-11,13-14H,3-4,12H2,1-2H3,(H,23,24,25). The molecule has 0 atom stereocenters. The first kappa shape index (κ1) is 17.2. The Kier molecular flexibility index (Phi) is 4.83. The molecule has 0 fully saturated rings. The molecule has 0 saturated heterocycles. The fourth-order valence-electron chi connectivity index (χ4n) is 3.24. The second kappa shape index (κ2) is 7.58. The highest BCUT2D eigenvalue weighted by Crippen LogP contribution is 2.35. The maximum Gasteiger partial charge on any atom is 0.156 e. The first-order valence-corrected chi connectivity index (χ1v) is 9.23. The van der Waals surface area contributed by atoms with Gasteiger partial charge in [-0.05, 0) is 24.6 Å². The zero-order valence-electron chi connectivity index (χ0n) is 15.6. The molecular formula is C22H22N4O. The molecule has 0 aliphatic rings. The summed E-state index contributed by atoms with van der Waals surface area (Å²) in [5, 5.41) is 5.48. The van der Waals surface area contributed by atoms with Crippen molar-refractivity contribution in [2.45, 2.75) is 19.8 Å². The fraction of sp³-hybridized carbons (Fsp3) is 0.227. The van der Waals surface area contributed by atoms with Crippen LogP contribution < -0.4 is 10.1 Å². The lowest BCUT2D eigenvalue weighted by atomic mass is 10.0. The normalized spacial score (nSPS) is 11.0. The van der Waals surface area contributed by atoms with E-state index in [-0.39, 0.29) is 0 Å². The van der Waals surface area contributed by atoms with Crippen LogP contribution in [0.4, 0.5) is 5.82 Å². The third-order valence-corrected chi connectivity index (χ3v) is 4.65. The van der Waals surface area contributed by atoms with E-state index < -0.39 is 0 Å². The maximum atomic E-state index is 5.44. The molecule has 0 radical (unpaired) electrons.